The van der Waals surface area contributed by atoms with Crippen molar-refractivity contribution in [2.75, 3.05) is 19.8 Å². The highest BCUT2D eigenvalue weighted by molar-refractivity contribution is 5.86. The maximum atomic E-state index is 12.8. The molecule has 0 bridgehead atoms. The first-order valence-corrected chi connectivity index (χ1v) is 10.1. The van der Waals surface area contributed by atoms with Gasteiger partial charge in [-0.3, -0.25) is 4.79 Å². The lowest BCUT2D eigenvalue weighted by Crippen LogP contribution is -2.56. The molecule has 0 radical (unpaired) electrons. The zero-order valence-electron chi connectivity index (χ0n) is 15.9. The molecule has 0 aromatic heterocycles. The summed E-state index contributed by atoms with van der Waals surface area (Å²) in [5.74, 6) is 1.68. The molecule has 2 saturated carbocycles. The van der Waals surface area contributed by atoms with E-state index < -0.39 is 5.54 Å². The van der Waals surface area contributed by atoms with Crippen LogP contribution < -0.4 is 20.5 Å². The number of nitrogens with one attached hydrogen (secondary N) is 1. The number of hydrogen-bond acceptors (Lipinski definition) is 4. The predicted molar refractivity (Wildman–Crippen MR) is 108 cm³/mol. The van der Waals surface area contributed by atoms with Gasteiger partial charge in [-0.05, 0) is 43.4 Å². The normalized spacial score (nSPS) is 22.6. The molecule has 4 rings (SSSR count). The number of halogens is 1. The standard InChI is InChI=1S/C21H30N2O3.ClH/c22-21(10-2-1-3-11-21)19(24)23-15-20(8-4-5-9-20)16-6-7-17-18(14-16)26-13-12-25-17;/h6-7,14H,1-5,8-13,15,22H2,(H,23,24);1H. The maximum absolute atomic E-state index is 12.8. The summed E-state index contributed by atoms with van der Waals surface area (Å²) in [7, 11) is 0. The second-order valence-electron chi connectivity index (χ2n) is 8.25. The van der Waals surface area contributed by atoms with Crippen molar-refractivity contribution in [3.8, 4) is 11.5 Å². The Hall–Kier alpha value is -1.46. The number of fused-ring (bicyclic) bond motifs is 1. The van der Waals surface area contributed by atoms with Gasteiger partial charge in [0.2, 0.25) is 5.91 Å². The Morgan fingerprint density at radius 3 is 2.30 bits per heavy atom. The fourth-order valence-corrected chi connectivity index (χ4v) is 4.83. The molecule has 1 amide bonds. The lowest BCUT2D eigenvalue weighted by molar-refractivity contribution is -0.127. The molecule has 1 aromatic carbocycles. The van der Waals surface area contributed by atoms with Gasteiger partial charge >= 0.3 is 0 Å². The number of rotatable bonds is 4. The number of benzene rings is 1. The van der Waals surface area contributed by atoms with Gasteiger partial charge in [0.05, 0.1) is 5.54 Å². The molecule has 3 aliphatic rings. The summed E-state index contributed by atoms with van der Waals surface area (Å²) in [4.78, 5) is 12.8. The van der Waals surface area contributed by atoms with Crippen molar-refractivity contribution in [1.29, 1.82) is 0 Å². The third kappa shape index (κ3) is 4.04. The van der Waals surface area contributed by atoms with E-state index in [1.165, 1.54) is 24.8 Å². The van der Waals surface area contributed by atoms with Crippen LogP contribution >= 0.6 is 12.4 Å². The van der Waals surface area contributed by atoms with Gasteiger partial charge in [-0.15, -0.1) is 12.4 Å². The predicted octanol–water partition coefficient (Wildman–Crippen LogP) is 3.47. The SMILES string of the molecule is Cl.NC1(C(=O)NCC2(c3ccc4c(c3)OCCO4)CCCC2)CCCCC1. The third-order valence-corrected chi connectivity index (χ3v) is 6.50. The van der Waals surface area contributed by atoms with E-state index in [-0.39, 0.29) is 23.7 Å². The maximum Gasteiger partial charge on any atom is 0.240 e. The Bertz CT molecular complexity index is 667. The van der Waals surface area contributed by atoms with Crippen LogP contribution in [0.1, 0.15) is 63.4 Å². The summed E-state index contributed by atoms with van der Waals surface area (Å²) >= 11 is 0. The van der Waals surface area contributed by atoms with Gasteiger partial charge in [0.25, 0.3) is 0 Å². The molecule has 1 heterocycles. The van der Waals surface area contributed by atoms with E-state index in [0.717, 1.165) is 50.0 Å². The molecule has 5 nitrogen and oxygen atoms in total. The molecule has 0 saturated heterocycles. The van der Waals surface area contributed by atoms with Crippen LogP contribution in [-0.4, -0.2) is 31.2 Å². The highest BCUT2D eigenvalue weighted by Gasteiger charge is 2.40. The number of carbonyl (C=O) groups excluding carboxylic acids is 1. The minimum Gasteiger partial charge on any atom is -0.486 e. The number of amides is 1. The molecule has 0 atom stereocenters. The van der Waals surface area contributed by atoms with Gasteiger partial charge in [0, 0.05) is 12.0 Å². The fraction of sp³-hybridized carbons (Fsp3) is 0.667. The van der Waals surface area contributed by atoms with Gasteiger partial charge in [-0.25, -0.2) is 0 Å². The largest absolute Gasteiger partial charge is 0.486 e. The Balaban J connectivity index is 0.00000210. The number of hydrogen-bond donors (Lipinski definition) is 2. The van der Waals surface area contributed by atoms with E-state index in [4.69, 9.17) is 15.2 Å². The quantitative estimate of drug-likeness (QED) is 0.820. The fourth-order valence-electron chi connectivity index (χ4n) is 4.83. The molecule has 2 fully saturated rings. The lowest BCUT2D eigenvalue weighted by Gasteiger charge is -2.35. The van der Waals surface area contributed by atoms with E-state index in [0.29, 0.717) is 19.8 Å². The van der Waals surface area contributed by atoms with E-state index in [1.54, 1.807) is 0 Å². The van der Waals surface area contributed by atoms with Crippen molar-refractivity contribution < 1.29 is 14.3 Å². The van der Waals surface area contributed by atoms with Gasteiger partial charge in [0.15, 0.2) is 11.5 Å². The topological polar surface area (TPSA) is 73.6 Å². The number of carbonyl (C=O) groups is 1. The Morgan fingerprint density at radius 1 is 0.963 bits per heavy atom. The molecule has 1 aliphatic heterocycles. The van der Waals surface area contributed by atoms with Crippen molar-refractivity contribution >= 4 is 18.3 Å². The molecule has 150 valence electrons. The zero-order valence-corrected chi connectivity index (χ0v) is 16.7. The van der Waals surface area contributed by atoms with Gasteiger partial charge in [-0.2, -0.15) is 0 Å². The Labute approximate surface area is 167 Å². The van der Waals surface area contributed by atoms with E-state index >= 15 is 0 Å². The molecule has 0 spiro atoms. The van der Waals surface area contributed by atoms with Crippen LogP contribution in [0.5, 0.6) is 11.5 Å². The van der Waals surface area contributed by atoms with Gasteiger partial charge in [-0.1, -0.05) is 38.2 Å². The van der Waals surface area contributed by atoms with Crippen molar-refractivity contribution in [1.82, 2.24) is 5.32 Å². The molecule has 0 unspecified atom stereocenters. The minimum absolute atomic E-state index is 0. The number of nitrogens with two attached hydrogens (primary N) is 1. The molecule has 6 heteroatoms. The van der Waals surface area contributed by atoms with Crippen LogP contribution in [0.25, 0.3) is 0 Å². The van der Waals surface area contributed by atoms with Crippen LogP contribution in [-0.2, 0) is 10.2 Å². The van der Waals surface area contributed by atoms with Crippen molar-refractivity contribution in [3.63, 3.8) is 0 Å². The second kappa shape index (κ2) is 8.27. The van der Waals surface area contributed by atoms with Gasteiger partial charge < -0.3 is 20.5 Å². The van der Waals surface area contributed by atoms with Crippen LogP contribution in [0.2, 0.25) is 0 Å². The summed E-state index contributed by atoms with van der Waals surface area (Å²) in [6, 6.07) is 6.27. The van der Waals surface area contributed by atoms with Crippen LogP contribution in [0.4, 0.5) is 0 Å². The van der Waals surface area contributed by atoms with Crippen molar-refractivity contribution in [2.24, 2.45) is 5.73 Å². The average Bonchev–Trinajstić information content (AvgIpc) is 3.16. The summed E-state index contributed by atoms with van der Waals surface area (Å²) in [6.07, 6.45) is 9.46. The second-order valence-corrected chi connectivity index (χ2v) is 8.25. The molecule has 2 aliphatic carbocycles. The molecule has 27 heavy (non-hydrogen) atoms. The van der Waals surface area contributed by atoms with E-state index in [1.807, 2.05) is 6.07 Å². The van der Waals surface area contributed by atoms with Crippen molar-refractivity contribution in [2.45, 2.75) is 68.7 Å². The highest BCUT2D eigenvalue weighted by atomic mass is 35.5. The molecular formula is C21H31ClN2O3. The smallest absolute Gasteiger partial charge is 0.240 e. The third-order valence-electron chi connectivity index (χ3n) is 6.50. The van der Waals surface area contributed by atoms with Crippen LogP contribution in [0.3, 0.4) is 0 Å². The summed E-state index contributed by atoms with van der Waals surface area (Å²) in [5.41, 5.74) is 6.96. The first-order valence-electron chi connectivity index (χ1n) is 10.1. The Kier molecular flexibility index (Phi) is 6.21. The van der Waals surface area contributed by atoms with Crippen LogP contribution in [0.15, 0.2) is 18.2 Å². The minimum atomic E-state index is -0.676. The number of ether oxygens (including phenoxy) is 2. The molecular weight excluding hydrogens is 364 g/mol. The van der Waals surface area contributed by atoms with Crippen molar-refractivity contribution in [3.05, 3.63) is 23.8 Å². The van der Waals surface area contributed by atoms with Gasteiger partial charge in [0.1, 0.15) is 13.2 Å². The lowest BCUT2D eigenvalue weighted by atomic mass is 9.77. The first-order chi connectivity index (χ1) is 12.6. The summed E-state index contributed by atoms with van der Waals surface area (Å²) in [5, 5.41) is 3.22. The Morgan fingerprint density at radius 2 is 1.59 bits per heavy atom. The average molecular weight is 395 g/mol. The van der Waals surface area contributed by atoms with Crippen LogP contribution in [0, 0.1) is 0 Å². The summed E-state index contributed by atoms with van der Waals surface area (Å²) < 4.78 is 11.4. The van der Waals surface area contributed by atoms with E-state index in [9.17, 15) is 4.79 Å². The molecule has 3 N–H and O–H groups in total. The summed E-state index contributed by atoms with van der Waals surface area (Å²) in [6.45, 7) is 1.85. The zero-order chi connectivity index (χ0) is 18.0. The first kappa shape index (κ1) is 20.3. The monoisotopic (exact) mass is 394 g/mol. The molecule has 1 aromatic rings. The van der Waals surface area contributed by atoms with E-state index in [2.05, 4.69) is 17.4 Å². The highest BCUT2D eigenvalue weighted by Crippen LogP contribution is 2.44.